The van der Waals surface area contributed by atoms with E-state index < -0.39 is 30.6 Å². The molecule has 1 fully saturated rings. The van der Waals surface area contributed by atoms with Crippen molar-refractivity contribution in [1.82, 2.24) is 25.2 Å². The quantitative estimate of drug-likeness (QED) is 0.560. The predicted molar refractivity (Wildman–Crippen MR) is 111 cm³/mol. The summed E-state index contributed by atoms with van der Waals surface area (Å²) in [7, 11) is 0. The Morgan fingerprint density at radius 3 is 2.63 bits per heavy atom. The van der Waals surface area contributed by atoms with Gasteiger partial charge in [-0.2, -0.15) is 15.4 Å². The van der Waals surface area contributed by atoms with Gasteiger partial charge in [0.2, 0.25) is 0 Å². The van der Waals surface area contributed by atoms with Crippen molar-refractivity contribution in [3.05, 3.63) is 65.1 Å². The van der Waals surface area contributed by atoms with E-state index in [2.05, 4.69) is 20.1 Å². The Hall–Kier alpha value is -4.16. The lowest BCUT2D eigenvalue weighted by Gasteiger charge is -2.20. The number of alkyl halides is 3. The number of carbonyl (C=O) groups excluding carboxylic acids is 2. The molecule has 0 spiro atoms. The van der Waals surface area contributed by atoms with Crippen LogP contribution in [0, 0.1) is 11.7 Å². The second-order valence-electron chi connectivity index (χ2n) is 8.12. The third-order valence-corrected chi connectivity index (χ3v) is 5.77. The molecule has 2 aliphatic rings. The molecule has 13 heteroatoms. The Kier molecular flexibility index (Phi) is 5.53. The first-order valence-electron chi connectivity index (χ1n) is 10.4. The summed E-state index contributed by atoms with van der Waals surface area (Å²) in [5, 5.41) is 10.4. The molecule has 3 aromatic rings. The van der Waals surface area contributed by atoms with Crippen LogP contribution in [0.15, 0.2) is 48.2 Å². The Balaban J connectivity index is 1.17. The Bertz CT molecular complexity index is 1340. The fourth-order valence-corrected chi connectivity index (χ4v) is 4.10. The number of hydrogen-bond donors (Lipinski definition) is 1. The molecule has 9 nitrogen and oxygen atoms in total. The van der Waals surface area contributed by atoms with Crippen LogP contribution in [-0.2, 0) is 11.3 Å². The third-order valence-electron chi connectivity index (χ3n) is 5.77. The molecule has 35 heavy (non-hydrogen) atoms. The largest absolute Gasteiger partial charge is 0.573 e. The van der Waals surface area contributed by atoms with E-state index >= 15 is 0 Å². The van der Waals surface area contributed by atoms with E-state index in [-0.39, 0.29) is 23.9 Å². The van der Waals surface area contributed by atoms with Crippen molar-refractivity contribution in [2.45, 2.75) is 13.0 Å². The molecule has 1 atom stereocenters. The molecule has 0 radical (unpaired) electrons. The lowest BCUT2D eigenvalue weighted by atomic mass is 10.1. The maximum atomic E-state index is 14.1. The first-order valence-corrected chi connectivity index (χ1v) is 10.4. The standard InChI is InChI=1S/C22H17F4N5O4/c23-17-6-16(35-22(24,25)26)3-1-13(17)11-34-21(33)31-9-14-7-30(8-15(14)10-31)20(32)12-2-4-18-19(5-12)28-29-27-18/h1-7,15H,8-11H2,(H,27,28,29)/t15-/m0/s1. The average Bonchev–Trinajstić information content (AvgIpc) is 3.51. The minimum absolute atomic E-state index is 0.0576. The van der Waals surface area contributed by atoms with Crippen LogP contribution in [-0.4, -0.2) is 63.2 Å². The third kappa shape index (κ3) is 4.74. The molecule has 5 rings (SSSR count). The Morgan fingerprint density at radius 1 is 1.09 bits per heavy atom. The van der Waals surface area contributed by atoms with Gasteiger partial charge in [0.15, 0.2) is 0 Å². The van der Waals surface area contributed by atoms with E-state index in [0.717, 1.165) is 17.7 Å². The molecule has 2 aromatic carbocycles. The van der Waals surface area contributed by atoms with E-state index in [1.807, 2.05) is 0 Å². The summed E-state index contributed by atoms with van der Waals surface area (Å²) in [6.07, 6.45) is -3.91. The number of carbonyl (C=O) groups is 2. The molecule has 2 amide bonds. The fraction of sp³-hybridized carbons (Fsp3) is 0.273. The van der Waals surface area contributed by atoms with Crippen molar-refractivity contribution in [2.75, 3.05) is 19.6 Å². The van der Waals surface area contributed by atoms with Crippen LogP contribution < -0.4 is 4.74 Å². The summed E-state index contributed by atoms with van der Waals surface area (Å²) in [4.78, 5) is 28.3. The maximum absolute atomic E-state index is 14.1. The topological polar surface area (TPSA) is 101 Å². The van der Waals surface area contributed by atoms with Crippen molar-refractivity contribution in [1.29, 1.82) is 0 Å². The van der Waals surface area contributed by atoms with Crippen molar-refractivity contribution < 1.29 is 36.6 Å². The molecule has 1 saturated heterocycles. The van der Waals surface area contributed by atoms with Crippen LogP contribution in [0.4, 0.5) is 22.4 Å². The minimum atomic E-state index is -4.94. The van der Waals surface area contributed by atoms with Gasteiger partial charge in [-0.25, -0.2) is 9.18 Å². The highest BCUT2D eigenvalue weighted by molar-refractivity contribution is 5.98. The molecule has 1 aromatic heterocycles. The number of nitrogens with zero attached hydrogens (tertiary/aromatic N) is 4. The lowest BCUT2D eigenvalue weighted by molar-refractivity contribution is -0.274. The average molecular weight is 491 g/mol. The monoisotopic (exact) mass is 491 g/mol. The highest BCUT2D eigenvalue weighted by Gasteiger charge is 2.38. The number of rotatable bonds is 4. The van der Waals surface area contributed by atoms with E-state index in [1.54, 1.807) is 29.3 Å². The number of aromatic nitrogens is 3. The summed E-state index contributed by atoms with van der Waals surface area (Å²) in [5.74, 6) is -1.94. The van der Waals surface area contributed by atoms with Crippen molar-refractivity contribution >= 4 is 23.0 Å². The zero-order valence-corrected chi connectivity index (χ0v) is 17.9. The van der Waals surface area contributed by atoms with E-state index in [1.165, 1.54) is 4.90 Å². The van der Waals surface area contributed by atoms with Gasteiger partial charge in [-0.05, 0) is 35.9 Å². The first kappa shape index (κ1) is 22.6. The number of aromatic amines is 1. The van der Waals surface area contributed by atoms with Gasteiger partial charge in [-0.3, -0.25) is 4.79 Å². The number of benzene rings is 2. The summed E-state index contributed by atoms with van der Waals surface area (Å²) < 4.78 is 59.6. The highest BCUT2D eigenvalue weighted by atomic mass is 19.4. The lowest BCUT2D eigenvalue weighted by Crippen LogP contribution is -2.33. The number of H-pyrrole nitrogens is 1. The number of halogens is 4. The van der Waals surface area contributed by atoms with Gasteiger partial charge in [0.05, 0.1) is 0 Å². The van der Waals surface area contributed by atoms with Crippen molar-refractivity contribution in [3.63, 3.8) is 0 Å². The molecule has 182 valence electrons. The zero-order valence-electron chi connectivity index (χ0n) is 17.9. The fourth-order valence-electron chi connectivity index (χ4n) is 4.10. The second-order valence-corrected chi connectivity index (χ2v) is 8.12. The number of nitrogens with one attached hydrogen (secondary N) is 1. The van der Waals surface area contributed by atoms with Gasteiger partial charge >= 0.3 is 12.5 Å². The van der Waals surface area contributed by atoms with Crippen molar-refractivity contribution in [3.8, 4) is 5.75 Å². The maximum Gasteiger partial charge on any atom is 0.573 e. The Morgan fingerprint density at radius 2 is 1.89 bits per heavy atom. The summed E-state index contributed by atoms with van der Waals surface area (Å²) >= 11 is 0. The Labute approximate surface area is 194 Å². The van der Waals surface area contributed by atoms with Crippen LogP contribution in [0.25, 0.3) is 11.0 Å². The highest BCUT2D eigenvalue weighted by Crippen LogP contribution is 2.31. The van der Waals surface area contributed by atoms with Crippen LogP contribution in [0.3, 0.4) is 0 Å². The molecule has 3 heterocycles. The van der Waals surface area contributed by atoms with Crippen LogP contribution in [0.1, 0.15) is 15.9 Å². The number of ether oxygens (including phenoxy) is 2. The van der Waals surface area contributed by atoms with E-state index in [0.29, 0.717) is 35.8 Å². The normalized spacial score (nSPS) is 17.5. The molecular formula is C22H17F4N5O4. The van der Waals surface area contributed by atoms with Crippen LogP contribution >= 0.6 is 0 Å². The summed E-state index contributed by atoms with van der Waals surface area (Å²) in [6.45, 7) is 0.504. The minimum Gasteiger partial charge on any atom is -0.444 e. The van der Waals surface area contributed by atoms with Crippen LogP contribution in [0.2, 0.25) is 0 Å². The van der Waals surface area contributed by atoms with Gasteiger partial charge < -0.3 is 19.3 Å². The SMILES string of the molecule is O=C(c1ccc2n[nH]nc2c1)N1C=C2CN(C(=O)OCc3ccc(OC(F)(F)F)cc3F)C[C@@H]2C1. The molecular weight excluding hydrogens is 474 g/mol. The van der Waals surface area contributed by atoms with E-state index in [9.17, 15) is 27.2 Å². The van der Waals surface area contributed by atoms with Crippen molar-refractivity contribution in [2.24, 2.45) is 5.92 Å². The van der Waals surface area contributed by atoms with Gasteiger partial charge in [-0.15, -0.1) is 13.2 Å². The number of amides is 2. The number of likely N-dealkylation sites (tertiary alicyclic amines) is 1. The van der Waals surface area contributed by atoms with Crippen LogP contribution in [0.5, 0.6) is 5.75 Å². The molecule has 1 N–H and O–H groups in total. The first-order chi connectivity index (χ1) is 16.7. The summed E-state index contributed by atoms with van der Waals surface area (Å²) in [5.41, 5.74) is 2.49. The number of fused-ring (bicyclic) bond motifs is 2. The number of hydrogen-bond acceptors (Lipinski definition) is 6. The second kappa shape index (κ2) is 8.56. The van der Waals surface area contributed by atoms with E-state index in [4.69, 9.17) is 4.74 Å². The smallest absolute Gasteiger partial charge is 0.444 e. The van der Waals surface area contributed by atoms with Gasteiger partial charge in [-0.1, -0.05) is 0 Å². The molecule has 2 aliphatic heterocycles. The molecule has 0 aliphatic carbocycles. The summed E-state index contributed by atoms with van der Waals surface area (Å²) in [6, 6.07) is 7.60. The van der Waals surface area contributed by atoms with Gasteiger partial charge in [0.25, 0.3) is 5.91 Å². The van der Waals surface area contributed by atoms with Gasteiger partial charge in [0, 0.05) is 48.9 Å². The predicted octanol–water partition coefficient (Wildman–Crippen LogP) is 3.60. The zero-order chi connectivity index (χ0) is 24.7. The molecule has 0 bridgehead atoms. The van der Waals surface area contributed by atoms with Gasteiger partial charge in [0.1, 0.15) is 29.2 Å². The molecule has 0 unspecified atom stereocenters. The molecule has 0 saturated carbocycles.